The van der Waals surface area contributed by atoms with Crippen LogP contribution < -0.4 is 29.4 Å². The Labute approximate surface area is 426 Å². The molecule has 0 aromatic heterocycles. The van der Waals surface area contributed by atoms with Crippen molar-refractivity contribution in [2.24, 2.45) is 10.8 Å². The molecule has 0 amide bonds. The number of ether oxygens (including phenoxy) is 7. The molecule has 19 heteroatoms. The lowest BCUT2D eigenvalue weighted by molar-refractivity contribution is -0.890. The summed E-state index contributed by atoms with van der Waals surface area (Å²) in [6.07, 6.45) is 10.1. The highest BCUT2D eigenvalue weighted by atomic mass is 16.5. The lowest BCUT2D eigenvalue weighted by Gasteiger charge is -2.37. The van der Waals surface area contributed by atoms with Gasteiger partial charge >= 0.3 is 0 Å². The Hall–Kier alpha value is -0.760. The summed E-state index contributed by atoms with van der Waals surface area (Å²) < 4.78 is 45.4. The van der Waals surface area contributed by atoms with E-state index in [1.54, 1.807) is 0 Å². The highest BCUT2D eigenvalue weighted by Crippen LogP contribution is 2.26. The summed E-state index contributed by atoms with van der Waals surface area (Å²) in [5.41, 5.74) is -1.82. The van der Waals surface area contributed by atoms with E-state index in [0.29, 0.717) is 39.3 Å². The Morgan fingerprint density at radius 3 is 0.535 bits per heavy atom. The van der Waals surface area contributed by atoms with Crippen LogP contribution in [-0.2, 0) is 33.2 Å². The van der Waals surface area contributed by atoms with Crippen molar-refractivity contribution in [2.75, 3.05) is 210 Å². The van der Waals surface area contributed by atoms with Gasteiger partial charge in [-0.15, -0.1) is 0 Å². The SMILES string of the molecule is OC(COCC(COCC(O)C[NH+]1CCCC1)(COCC(O)C[NH+]1CCCC1)COCC(COCC(O)C[NH+]1CCCC1)(COCC(O)C[NH+]1CCCC1)COCC(O)C[NH+]1CCCC1)C[NH+]1CCCC1. The predicted molar refractivity (Wildman–Crippen MR) is 265 cm³/mol. The summed E-state index contributed by atoms with van der Waals surface area (Å²) in [6, 6.07) is 0. The topological polar surface area (TPSA) is 213 Å². The number of nitrogens with one attached hydrogen (secondary N) is 6. The van der Waals surface area contributed by atoms with E-state index >= 15 is 0 Å². The van der Waals surface area contributed by atoms with Crippen LogP contribution in [-0.4, -0.2) is 278 Å². The van der Waals surface area contributed by atoms with Crippen molar-refractivity contribution >= 4 is 0 Å². The number of likely N-dealkylation sites (tertiary alicyclic amines) is 6. The van der Waals surface area contributed by atoms with Gasteiger partial charge in [0.15, 0.2) is 0 Å². The van der Waals surface area contributed by atoms with Crippen LogP contribution in [0.15, 0.2) is 0 Å². The minimum atomic E-state index is -0.910. The van der Waals surface area contributed by atoms with E-state index in [1.165, 1.54) is 29.4 Å². The first-order chi connectivity index (χ1) is 34.5. The van der Waals surface area contributed by atoms with Gasteiger partial charge in [0.2, 0.25) is 0 Å². The van der Waals surface area contributed by atoms with Gasteiger partial charge in [-0.05, 0) is 0 Å². The van der Waals surface area contributed by atoms with E-state index in [4.69, 9.17) is 33.2 Å². The summed E-state index contributed by atoms with van der Waals surface area (Å²) >= 11 is 0. The summed E-state index contributed by atoms with van der Waals surface area (Å²) in [5.74, 6) is 0. The van der Waals surface area contributed by atoms with Crippen molar-refractivity contribution < 1.29 is 93.2 Å². The molecule has 0 saturated carbocycles. The molecule has 6 heterocycles. The second kappa shape index (κ2) is 33.4. The molecule has 6 atom stereocenters. The molecule has 71 heavy (non-hydrogen) atoms. The summed E-state index contributed by atoms with van der Waals surface area (Å²) in [6.45, 7) is 18.1. The van der Waals surface area contributed by atoms with Crippen molar-refractivity contribution in [1.29, 1.82) is 0 Å². The molecule has 6 aliphatic rings. The van der Waals surface area contributed by atoms with Gasteiger partial charge in [-0.3, -0.25) is 0 Å². The first-order valence-electron chi connectivity index (χ1n) is 28.7. The Morgan fingerprint density at radius 2 is 0.380 bits per heavy atom. The van der Waals surface area contributed by atoms with Crippen LogP contribution >= 0.6 is 0 Å². The normalized spacial score (nSPS) is 24.8. The quantitative estimate of drug-likeness (QED) is 0.0276. The van der Waals surface area contributed by atoms with Crippen LogP contribution in [0.2, 0.25) is 0 Å². The number of rotatable bonds is 40. The third kappa shape index (κ3) is 23.6. The zero-order valence-electron chi connectivity index (χ0n) is 44.1. The van der Waals surface area contributed by atoms with Crippen molar-refractivity contribution in [3.63, 3.8) is 0 Å². The number of aliphatic hydroxyl groups is 6. The number of hydrogen-bond acceptors (Lipinski definition) is 13. The summed E-state index contributed by atoms with van der Waals surface area (Å²) in [5, 5.41) is 66.9. The molecule has 0 bridgehead atoms. The maximum atomic E-state index is 11.2. The minimum absolute atomic E-state index is 0.103. The maximum Gasteiger partial charge on any atom is 0.126 e. The van der Waals surface area contributed by atoms with Crippen LogP contribution in [0, 0.1) is 10.8 Å². The van der Waals surface area contributed by atoms with Gasteiger partial charge in [-0.25, -0.2) is 0 Å². The van der Waals surface area contributed by atoms with E-state index in [2.05, 4.69) is 0 Å². The lowest BCUT2D eigenvalue weighted by Crippen LogP contribution is -3.11. The monoisotopic (exact) mass is 1020 g/mol. The first-order valence-corrected chi connectivity index (χ1v) is 28.7. The molecule has 6 fully saturated rings. The van der Waals surface area contributed by atoms with Crippen LogP contribution in [0.5, 0.6) is 0 Å². The molecule has 416 valence electrons. The van der Waals surface area contributed by atoms with Crippen molar-refractivity contribution in [2.45, 2.75) is 114 Å². The maximum absolute atomic E-state index is 11.2. The molecular formula is C52H106N6O13+6. The number of quaternary nitrogens is 6. The fourth-order valence-corrected chi connectivity index (χ4v) is 12.3. The van der Waals surface area contributed by atoms with Crippen LogP contribution in [0.1, 0.15) is 77.0 Å². The molecule has 0 spiro atoms. The molecule has 6 aliphatic heterocycles. The molecule has 6 rings (SSSR count). The van der Waals surface area contributed by atoms with E-state index in [-0.39, 0.29) is 92.5 Å². The molecule has 6 unspecified atom stereocenters. The highest BCUT2D eigenvalue weighted by Gasteiger charge is 2.39. The smallest absolute Gasteiger partial charge is 0.126 e. The summed E-state index contributed by atoms with van der Waals surface area (Å²) in [7, 11) is 0. The van der Waals surface area contributed by atoms with Crippen molar-refractivity contribution in [1.82, 2.24) is 0 Å². The van der Waals surface area contributed by atoms with Gasteiger partial charge < -0.3 is 93.2 Å². The Morgan fingerprint density at radius 1 is 0.239 bits per heavy atom. The Kier molecular flexibility index (Phi) is 28.0. The summed E-state index contributed by atoms with van der Waals surface area (Å²) in [4.78, 5) is 8.29. The van der Waals surface area contributed by atoms with Gasteiger partial charge in [0, 0.05) is 77.0 Å². The molecular weight excluding hydrogens is 917 g/mol. The average Bonchev–Trinajstić information content (AvgIpc) is 4.19. The van der Waals surface area contributed by atoms with Crippen molar-refractivity contribution in [3.8, 4) is 0 Å². The van der Waals surface area contributed by atoms with Crippen molar-refractivity contribution in [3.05, 3.63) is 0 Å². The van der Waals surface area contributed by atoms with E-state index in [9.17, 15) is 30.6 Å². The number of hydrogen-bond donors (Lipinski definition) is 12. The minimum Gasteiger partial charge on any atom is -0.385 e. The van der Waals surface area contributed by atoms with Gasteiger partial charge in [0.05, 0.1) is 182 Å². The van der Waals surface area contributed by atoms with Gasteiger partial charge in [0.1, 0.15) is 75.9 Å². The third-order valence-electron chi connectivity index (χ3n) is 16.1. The molecule has 0 aromatic carbocycles. The zero-order chi connectivity index (χ0) is 50.0. The molecule has 12 N–H and O–H groups in total. The first kappa shape index (κ1) is 59.5. The van der Waals surface area contributed by atoms with Crippen LogP contribution in [0.4, 0.5) is 0 Å². The second-order valence-corrected chi connectivity index (χ2v) is 23.5. The van der Waals surface area contributed by atoms with E-state index < -0.39 is 47.5 Å². The van der Waals surface area contributed by atoms with Gasteiger partial charge in [-0.2, -0.15) is 0 Å². The van der Waals surface area contributed by atoms with Crippen LogP contribution in [0.3, 0.4) is 0 Å². The molecule has 0 radical (unpaired) electrons. The molecule has 19 nitrogen and oxygen atoms in total. The fourth-order valence-electron chi connectivity index (χ4n) is 12.3. The second-order valence-electron chi connectivity index (χ2n) is 23.5. The third-order valence-corrected chi connectivity index (χ3v) is 16.1. The fraction of sp³-hybridized carbons (Fsp3) is 1.00. The van der Waals surface area contributed by atoms with E-state index in [1.807, 2.05) is 0 Å². The Bertz CT molecular complexity index is 1100. The van der Waals surface area contributed by atoms with Gasteiger partial charge in [0.25, 0.3) is 0 Å². The zero-order valence-corrected chi connectivity index (χ0v) is 44.1. The Balaban J connectivity index is 1.18. The van der Waals surface area contributed by atoms with E-state index in [0.717, 1.165) is 156 Å². The number of aliphatic hydroxyl groups excluding tert-OH is 6. The van der Waals surface area contributed by atoms with Crippen LogP contribution in [0.25, 0.3) is 0 Å². The predicted octanol–water partition coefficient (Wildman–Crippen LogP) is -8.69. The average molecular weight is 1020 g/mol. The largest absolute Gasteiger partial charge is 0.385 e. The molecule has 0 aromatic rings. The highest BCUT2D eigenvalue weighted by molar-refractivity contribution is 4.84. The lowest BCUT2D eigenvalue weighted by atomic mass is 9.90. The van der Waals surface area contributed by atoms with Gasteiger partial charge in [-0.1, -0.05) is 0 Å². The molecule has 0 aliphatic carbocycles. The molecule has 6 saturated heterocycles. The standard InChI is InChI=1S/C52H100N6O13/c59-45(25-53-13-1-2-14-53)31-65-37-51(38-66-32-46(60)26-54-15-3-4-16-54,39-67-33-47(61)27-55-17-5-6-18-55)43-71-44-52(40-68-34-48(62)28-56-19-7-8-20-56,41-69-35-49(63)29-57-21-9-10-22-57)42-70-36-50(64)30-58-23-11-12-24-58/h45-50,59-64H,1-44H2/p+6.